The number of rotatable bonds is 6. The van der Waals surface area contributed by atoms with Gasteiger partial charge in [-0.05, 0) is 123 Å². The standard InChI is InChI=1S/C34H35BN2O5/c1-20-17-26-31(34(40)37(33(26)39)25-9-5-4-6-10-25)27-19-35(41)42-29(30(20)27)13-12-24(28-11-7-8-14-36-28)18-23-15-21(2)32(38)22(3)16-23/h4-11,14-16,18,26-27,29,31,38,41H,12-13,17,19H2,1-3H3/b24-18-/t26-,27+,29-,31-/m1/s1. The van der Waals surface area contributed by atoms with Gasteiger partial charge < -0.3 is 14.8 Å². The van der Waals surface area contributed by atoms with Crippen molar-refractivity contribution in [2.24, 2.45) is 17.8 Å². The van der Waals surface area contributed by atoms with Crippen molar-refractivity contribution in [2.45, 2.75) is 52.5 Å². The van der Waals surface area contributed by atoms with Crippen molar-refractivity contribution in [3.63, 3.8) is 0 Å². The average molecular weight is 562 g/mol. The number of aryl methyl sites for hydroxylation is 2. The summed E-state index contributed by atoms with van der Waals surface area (Å²) in [4.78, 5) is 33.2. The van der Waals surface area contributed by atoms with Crippen molar-refractivity contribution in [2.75, 3.05) is 4.90 Å². The van der Waals surface area contributed by atoms with Gasteiger partial charge in [0.15, 0.2) is 0 Å². The zero-order valence-corrected chi connectivity index (χ0v) is 24.2. The zero-order valence-electron chi connectivity index (χ0n) is 24.2. The molecule has 2 saturated heterocycles. The maximum absolute atomic E-state index is 13.8. The van der Waals surface area contributed by atoms with Crippen LogP contribution in [0.5, 0.6) is 5.75 Å². The molecule has 1 aliphatic carbocycles. The highest BCUT2D eigenvalue weighted by atomic mass is 16.5. The van der Waals surface area contributed by atoms with E-state index < -0.39 is 19.0 Å². The number of carbonyl (C=O) groups is 2. The first-order chi connectivity index (χ1) is 20.2. The molecular formula is C34H35BN2O5. The van der Waals surface area contributed by atoms with E-state index in [4.69, 9.17) is 4.65 Å². The van der Waals surface area contributed by atoms with Crippen LogP contribution in [0.1, 0.15) is 48.6 Å². The number of aromatic hydroxyl groups is 1. The van der Waals surface area contributed by atoms with E-state index >= 15 is 0 Å². The van der Waals surface area contributed by atoms with E-state index in [1.807, 2.05) is 69.3 Å². The molecule has 2 N–H and O–H groups in total. The molecule has 2 aliphatic heterocycles. The second kappa shape index (κ2) is 11.3. The molecular weight excluding hydrogens is 527 g/mol. The number of nitrogens with zero attached hydrogens (tertiary/aromatic N) is 2. The first-order valence-electron chi connectivity index (χ1n) is 14.6. The Balaban J connectivity index is 1.30. The summed E-state index contributed by atoms with van der Waals surface area (Å²) in [5.74, 6) is -1.25. The van der Waals surface area contributed by atoms with Crippen LogP contribution in [0.4, 0.5) is 5.69 Å². The predicted molar refractivity (Wildman–Crippen MR) is 163 cm³/mol. The number of phenols is 1. The molecule has 0 saturated carbocycles. The number of hydrogen-bond acceptors (Lipinski definition) is 6. The number of carbonyl (C=O) groups excluding carboxylic acids is 2. The number of allylic oxidation sites excluding steroid dienone is 2. The molecule has 2 amide bonds. The fourth-order valence-corrected chi connectivity index (χ4v) is 7.14. The number of phenolic OH excluding ortho intramolecular Hbond substituents is 1. The van der Waals surface area contributed by atoms with Gasteiger partial charge >= 0.3 is 7.12 Å². The molecule has 2 fully saturated rings. The van der Waals surface area contributed by atoms with E-state index in [9.17, 15) is 19.7 Å². The third kappa shape index (κ3) is 5.10. The van der Waals surface area contributed by atoms with E-state index in [0.29, 0.717) is 37.0 Å². The Morgan fingerprint density at radius 2 is 1.74 bits per heavy atom. The molecule has 4 atom stereocenters. The van der Waals surface area contributed by atoms with Crippen LogP contribution >= 0.6 is 0 Å². The number of pyridine rings is 1. The van der Waals surface area contributed by atoms with Gasteiger partial charge in [0.25, 0.3) is 0 Å². The molecule has 3 heterocycles. The van der Waals surface area contributed by atoms with Crippen molar-refractivity contribution in [3.05, 3.63) is 100 Å². The molecule has 1 aromatic heterocycles. The first kappa shape index (κ1) is 28.1. The number of para-hydroxylation sites is 1. The lowest BCUT2D eigenvalue weighted by molar-refractivity contribution is -0.122. The van der Waals surface area contributed by atoms with Gasteiger partial charge in [-0.25, -0.2) is 0 Å². The Morgan fingerprint density at radius 1 is 1.02 bits per heavy atom. The minimum Gasteiger partial charge on any atom is -0.507 e. The van der Waals surface area contributed by atoms with Gasteiger partial charge in [-0.3, -0.25) is 19.5 Å². The second-order valence-electron chi connectivity index (χ2n) is 11.8. The Hall–Kier alpha value is -4.01. The highest BCUT2D eigenvalue weighted by molar-refractivity contribution is 6.43. The van der Waals surface area contributed by atoms with Gasteiger partial charge in [0.1, 0.15) is 5.75 Å². The van der Waals surface area contributed by atoms with Crippen molar-refractivity contribution >= 4 is 36.3 Å². The molecule has 7 nitrogen and oxygen atoms in total. The number of amides is 2. The molecule has 0 unspecified atom stereocenters. The predicted octanol–water partition coefficient (Wildman–Crippen LogP) is 5.75. The van der Waals surface area contributed by atoms with E-state index in [1.54, 1.807) is 18.3 Å². The summed E-state index contributed by atoms with van der Waals surface area (Å²) in [6.07, 6.45) is 5.48. The third-order valence-electron chi connectivity index (χ3n) is 8.99. The number of aromatic nitrogens is 1. The van der Waals surface area contributed by atoms with Crippen LogP contribution < -0.4 is 4.90 Å². The molecule has 8 heteroatoms. The van der Waals surface area contributed by atoms with Gasteiger partial charge in [-0.15, -0.1) is 0 Å². The monoisotopic (exact) mass is 562 g/mol. The average Bonchev–Trinajstić information content (AvgIpc) is 3.23. The van der Waals surface area contributed by atoms with Gasteiger partial charge in [0.05, 0.1) is 29.3 Å². The normalized spacial score (nSPS) is 24.2. The maximum Gasteiger partial charge on any atom is 0.455 e. The Labute approximate surface area is 246 Å². The summed E-state index contributed by atoms with van der Waals surface area (Å²) < 4.78 is 6.15. The SMILES string of the molecule is CC1=C2[C@@H](CC/C(=C/c3cc(C)c(O)c(C)c3)c3ccccn3)OB(O)C[C@@H]2[C@@H]2C(=O)N(c3ccccc3)C(=O)[C@@H]2C1. The highest BCUT2D eigenvalue weighted by Crippen LogP contribution is 2.51. The van der Waals surface area contributed by atoms with Crippen LogP contribution in [0.25, 0.3) is 11.6 Å². The van der Waals surface area contributed by atoms with Crippen molar-refractivity contribution in [1.29, 1.82) is 0 Å². The van der Waals surface area contributed by atoms with Crippen LogP contribution in [-0.4, -0.2) is 40.2 Å². The quantitative estimate of drug-likeness (QED) is 0.226. The fourth-order valence-electron chi connectivity index (χ4n) is 7.14. The van der Waals surface area contributed by atoms with Gasteiger partial charge in [-0.1, -0.05) is 29.8 Å². The van der Waals surface area contributed by atoms with Gasteiger partial charge in [-0.2, -0.15) is 0 Å². The number of benzene rings is 2. The van der Waals surface area contributed by atoms with Crippen LogP contribution in [0.3, 0.4) is 0 Å². The largest absolute Gasteiger partial charge is 0.507 e. The second-order valence-corrected chi connectivity index (χ2v) is 11.8. The number of fused-ring (bicyclic) bond motifs is 3. The lowest BCUT2D eigenvalue weighted by Crippen LogP contribution is -2.46. The summed E-state index contributed by atoms with van der Waals surface area (Å²) in [5.41, 5.74) is 7.15. The molecule has 3 aromatic rings. The fraction of sp³-hybridized carbons (Fsp3) is 0.324. The summed E-state index contributed by atoms with van der Waals surface area (Å²) in [5, 5.41) is 21.1. The summed E-state index contributed by atoms with van der Waals surface area (Å²) in [7, 11) is -1.02. The number of hydrogen-bond donors (Lipinski definition) is 2. The summed E-state index contributed by atoms with van der Waals surface area (Å²) in [6.45, 7) is 5.81. The van der Waals surface area contributed by atoms with E-state index in [-0.39, 0.29) is 23.8 Å². The molecule has 2 aromatic carbocycles. The van der Waals surface area contributed by atoms with Gasteiger partial charge in [0.2, 0.25) is 11.8 Å². The smallest absolute Gasteiger partial charge is 0.455 e. The van der Waals surface area contributed by atoms with Crippen molar-refractivity contribution in [3.8, 4) is 5.75 Å². The molecule has 0 spiro atoms. The summed E-state index contributed by atoms with van der Waals surface area (Å²) >= 11 is 0. The topological polar surface area (TPSA) is 100.0 Å². The lowest BCUT2D eigenvalue weighted by atomic mass is 9.58. The number of anilines is 1. The van der Waals surface area contributed by atoms with Crippen LogP contribution in [0.2, 0.25) is 6.32 Å². The Morgan fingerprint density at radius 3 is 2.43 bits per heavy atom. The molecule has 42 heavy (non-hydrogen) atoms. The molecule has 3 aliphatic rings. The maximum atomic E-state index is 13.8. The first-order valence-corrected chi connectivity index (χ1v) is 14.6. The molecule has 0 radical (unpaired) electrons. The van der Waals surface area contributed by atoms with E-state index in [2.05, 4.69) is 11.1 Å². The van der Waals surface area contributed by atoms with E-state index in [0.717, 1.165) is 39.1 Å². The highest BCUT2D eigenvalue weighted by Gasteiger charge is 2.57. The Bertz CT molecular complexity index is 1560. The lowest BCUT2D eigenvalue weighted by Gasteiger charge is -2.42. The zero-order chi connectivity index (χ0) is 29.5. The van der Waals surface area contributed by atoms with E-state index in [1.165, 1.54) is 4.90 Å². The third-order valence-corrected chi connectivity index (χ3v) is 8.99. The minimum absolute atomic E-state index is 0.160. The molecule has 6 rings (SSSR count). The summed E-state index contributed by atoms with van der Waals surface area (Å²) in [6, 6.07) is 18.8. The van der Waals surface area contributed by atoms with Crippen molar-refractivity contribution < 1.29 is 24.4 Å². The van der Waals surface area contributed by atoms with Crippen LogP contribution in [0.15, 0.2) is 78.0 Å². The minimum atomic E-state index is -1.02. The number of imide groups is 1. The van der Waals surface area contributed by atoms with Crippen LogP contribution in [0, 0.1) is 31.6 Å². The molecule has 0 bridgehead atoms. The Kier molecular flexibility index (Phi) is 7.60. The van der Waals surface area contributed by atoms with Crippen molar-refractivity contribution in [1.82, 2.24) is 4.98 Å². The van der Waals surface area contributed by atoms with Crippen LogP contribution in [-0.2, 0) is 14.2 Å². The van der Waals surface area contributed by atoms with Gasteiger partial charge in [0, 0.05) is 6.20 Å². The molecule has 214 valence electrons.